The molecule has 2 N–H and O–H groups in total. The third-order valence-electron chi connectivity index (χ3n) is 11.1. The Kier molecular flexibility index (Phi) is 12.5. The van der Waals surface area contributed by atoms with Gasteiger partial charge in [0.1, 0.15) is 31.0 Å². The number of hydrogen-bond donors (Lipinski definition) is 2. The number of carboxylic acid groups (broad SMARTS) is 1. The van der Waals surface area contributed by atoms with Crippen molar-refractivity contribution in [2.45, 2.75) is 50.4 Å². The van der Waals surface area contributed by atoms with Crippen LogP contribution in [0.1, 0.15) is 55.4 Å². The Morgan fingerprint density at radius 3 is 2.19 bits per heavy atom. The lowest BCUT2D eigenvalue weighted by Gasteiger charge is -2.38. The first-order chi connectivity index (χ1) is 30.7. The van der Waals surface area contributed by atoms with Crippen molar-refractivity contribution in [1.82, 2.24) is 10.2 Å². The molecule has 6 aromatic carbocycles. The molecule has 0 aromatic heterocycles. The highest BCUT2D eigenvalue weighted by Crippen LogP contribution is 2.42. The quantitative estimate of drug-likeness (QED) is 0.131. The van der Waals surface area contributed by atoms with E-state index in [0.29, 0.717) is 49.5 Å². The van der Waals surface area contributed by atoms with Crippen LogP contribution in [0, 0.1) is 11.3 Å². The molecule has 15 heteroatoms. The molecule has 324 valence electrons. The molecule has 6 aromatic rings. The Balaban J connectivity index is 1.02. The number of nitrogens with one attached hydrogen (secondary N) is 1. The molecule has 3 atom stereocenters. The van der Waals surface area contributed by atoms with E-state index in [1.54, 1.807) is 84.9 Å². The zero-order valence-electron chi connectivity index (χ0n) is 33.6. The zero-order valence-corrected chi connectivity index (χ0v) is 35.1. The molecule has 0 aliphatic carbocycles. The van der Waals surface area contributed by atoms with Crippen LogP contribution in [0.2, 0.25) is 10.0 Å². The largest absolute Gasteiger partial charge is 0.489 e. The predicted molar refractivity (Wildman–Crippen MR) is 231 cm³/mol. The van der Waals surface area contributed by atoms with Gasteiger partial charge in [0.25, 0.3) is 5.91 Å². The number of fused-ring (bicyclic) bond motifs is 2. The first-order valence-electron chi connectivity index (χ1n) is 20.0. The molecule has 0 spiro atoms. The van der Waals surface area contributed by atoms with Gasteiger partial charge < -0.3 is 29.5 Å². The highest BCUT2D eigenvalue weighted by atomic mass is 35.5. The Hall–Kier alpha value is -7.01. The molecule has 8 rings (SSSR count). The van der Waals surface area contributed by atoms with Crippen molar-refractivity contribution in [3.63, 3.8) is 0 Å². The van der Waals surface area contributed by atoms with Gasteiger partial charge in [0.05, 0.1) is 32.8 Å². The van der Waals surface area contributed by atoms with Gasteiger partial charge in [-0.05, 0) is 99.6 Å². The van der Waals surface area contributed by atoms with Gasteiger partial charge in [0.15, 0.2) is 17.6 Å². The molecular formula is C49H36Cl2F3N3O7. The van der Waals surface area contributed by atoms with E-state index in [-0.39, 0.29) is 32.6 Å². The van der Waals surface area contributed by atoms with Gasteiger partial charge in [-0.2, -0.15) is 18.4 Å². The molecular weight excluding hydrogens is 870 g/mol. The molecule has 0 fully saturated rings. The number of alkyl halides is 3. The number of nitrogens with zero attached hydrogens (tertiary/aromatic N) is 2. The minimum Gasteiger partial charge on any atom is -0.489 e. The summed E-state index contributed by atoms with van der Waals surface area (Å²) in [5.74, 6) is -1.97. The second-order valence-electron chi connectivity index (χ2n) is 15.3. The number of nitriles is 1. The van der Waals surface area contributed by atoms with Gasteiger partial charge in [-0.25, -0.2) is 4.79 Å². The number of hydrogen-bond acceptors (Lipinski definition) is 7. The molecule has 2 aliphatic heterocycles. The number of carboxylic acids is 1. The molecule has 0 saturated carbocycles. The molecule has 1 unspecified atom stereocenters. The number of benzene rings is 6. The molecule has 10 nitrogen and oxygen atoms in total. The Morgan fingerprint density at radius 1 is 0.844 bits per heavy atom. The first-order valence-corrected chi connectivity index (χ1v) is 20.7. The maximum absolute atomic E-state index is 14.2. The summed E-state index contributed by atoms with van der Waals surface area (Å²) in [4.78, 5) is 42.0. The molecule has 2 heterocycles. The van der Waals surface area contributed by atoms with Gasteiger partial charge in [-0.15, -0.1) is 0 Å². The van der Waals surface area contributed by atoms with Crippen molar-refractivity contribution in [3.05, 3.63) is 182 Å². The summed E-state index contributed by atoms with van der Waals surface area (Å²) in [5.41, 5.74) is 3.61. The van der Waals surface area contributed by atoms with Crippen molar-refractivity contribution >= 4 is 41.0 Å². The predicted octanol–water partition coefficient (Wildman–Crippen LogP) is 10.0. The van der Waals surface area contributed by atoms with Crippen LogP contribution in [0.3, 0.4) is 0 Å². The topological polar surface area (TPSA) is 138 Å². The fourth-order valence-electron chi connectivity index (χ4n) is 7.68. The highest BCUT2D eigenvalue weighted by molar-refractivity contribution is 6.42. The number of rotatable bonds is 11. The summed E-state index contributed by atoms with van der Waals surface area (Å²) in [6, 6.07) is 33.3. The van der Waals surface area contributed by atoms with E-state index in [1.165, 1.54) is 12.1 Å². The van der Waals surface area contributed by atoms with Gasteiger partial charge in [-0.1, -0.05) is 89.9 Å². The number of carbonyl (C=O) groups is 3. The van der Waals surface area contributed by atoms with Crippen molar-refractivity contribution < 1.29 is 46.9 Å². The van der Waals surface area contributed by atoms with E-state index in [4.69, 9.17) is 42.7 Å². The zero-order chi connectivity index (χ0) is 45.1. The summed E-state index contributed by atoms with van der Waals surface area (Å²) in [6.45, 7) is 0.102. The van der Waals surface area contributed by atoms with E-state index >= 15 is 0 Å². The van der Waals surface area contributed by atoms with Crippen LogP contribution in [-0.2, 0) is 41.8 Å². The Morgan fingerprint density at radius 2 is 1.52 bits per heavy atom. The van der Waals surface area contributed by atoms with Crippen LogP contribution in [0.15, 0.2) is 127 Å². The number of ether oxygens (including phenoxy) is 3. The Labute approximate surface area is 375 Å². The Bertz CT molecular complexity index is 2780. The maximum atomic E-state index is 14.2. The summed E-state index contributed by atoms with van der Waals surface area (Å²) in [7, 11) is 0. The SMILES string of the molecule is N#Cc1ccc(-c2ccc(C[C@H](NC(=O)[C@@H]3Cc4cc5c(cc4CN3C(=O)c3ccccc3C(F)(F)F)OC(c3ccc(OCc4ccc(Cl)c(Cl)c4)cc3)CO5)C(=O)O)cc2)cc1. The van der Waals surface area contributed by atoms with Crippen molar-refractivity contribution in [2.75, 3.05) is 6.61 Å². The summed E-state index contributed by atoms with van der Waals surface area (Å²) < 4.78 is 61.1. The van der Waals surface area contributed by atoms with Gasteiger partial charge in [-0.3, -0.25) is 9.59 Å². The average Bonchev–Trinajstić information content (AvgIpc) is 3.30. The average molecular weight is 907 g/mol. The number of carbonyl (C=O) groups excluding carboxylic acids is 2. The van der Waals surface area contributed by atoms with E-state index in [0.717, 1.165) is 39.3 Å². The second-order valence-corrected chi connectivity index (χ2v) is 16.1. The molecule has 0 bridgehead atoms. The lowest BCUT2D eigenvalue weighted by Crippen LogP contribution is -2.56. The normalized spacial score (nSPS) is 15.9. The maximum Gasteiger partial charge on any atom is 0.417 e. The van der Waals surface area contributed by atoms with Crippen molar-refractivity contribution in [2.24, 2.45) is 0 Å². The van der Waals surface area contributed by atoms with Crippen LogP contribution in [0.4, 0.5) is 13.2 Å². The summed E-state index contributed by atoms with van der Waals surface area (Å²) in [6.07, 6.45) is -5.71. The number of amides is 2. The molecule has 2 amide bonds. The van der Waals surface area contributed by atoms with Crippen molar-refractivity contribution in [1.29, 1.82) is 5.26 Å². The van der Waals surface area contributed by atoms with Gasteiger partial charge in [0.2, 0.25) is 5.91 Å². The lowest BCUT2D eigenvalue weighted by atomic mass is 9.91. The van der Waals surface area contributed by atoms with E-state index in [2.05, 4.69) is 11.4 Å². The molecule has 64 heavy (non-hydrogen) atoms. The number of halogens is 5. The molecule has 2 aliphatic rings. The summed E-state index contributed by atoms with van der Waals surface area (Å²) >= 11 is 12.1. The monoisotopic (exact) mass is 905 g/mol. The first kappa shape index (κ1) is 43.6. The van der Waals surface area contributed by atoms with E-state index in [9.17, 15) is 32.7 Å². The molecule has 0 saturated heterocycles. The van der Waals surface area contributed by atoms with Crippen LogP contribution >= 0.6 is 23.2 Å². The lowest BCUT2D eigenvalue weighted by molar-refractivity contribution is -0.142. The van der Waals surface area contributed by atoms with Crippen LogP contribution in [0.5, 0.6) is 17.2 Å². The van der Waals surface area contributed by atoms with Crippen LogP contribution in [0.25, 0.3) is 11.1 Å². The number of aliphatic carboxylic acids is 1. The van der Waals surface area contributed by atoms with Crippen LogP contribution < -0.4 is 19.5 Å². The summed E-state index contributed by atoms with van der Waals surface area (Å²) in [5, 5.41) is 22.8. The third-order valence-corrected chi connectivity index (χ3v) is 11.8. The standard InChI is InChI=1S/C49H36Cl2F3N3O7/c50-39-18-9-30(19-40(39)51)26-62-36-16-14-33(15-17-36)45-27-63-43-22-34-21-42(57(25-35(34)23-44(43)64-45)47(59)37-3-1-2-4-38(37)49(52,53)54)46(58)56-41(48(60)61)20-28-5-10-31(11-6-28)32-12-7-29(24-55)8-13-32/h1-19,22-23,41-42,45H,20-21,25-27H2,(H,56,58)(H,60,61)/t41-,42-,45?/m0/s1. The minimum absolute atomic E-state index is 0.128. The highest BCUT2D eigenvalue weighted by Gasteiger charge is 2.41. The second kappa shape index (κ2) is 18.4. The minimum atomic E-state index is -4.88. The van der Waals surface area contributed by atoms with Crippen molar-refractivity contribution in [3.8, 4) is 34.4 Å². The van der Waals surface area contributed by atoms with Crippen LogP contribution in [-0.4, -0.2) is 46.5 Å². The fourth-order valence-corrected chi connectivity index (χ4v) is 8.00. The third kappa shape index (κ3) is 9.63. The fraction of sp³-hybridized carbons (Fsp3) is 0.184. The van der Waals surface area contributed by atoms with Gasteiger partial charge >= 0.3 is 12.1 Å². The van der Waals surface area contributed by atoms with Gasteiger partial charge in [0, 0.05) is 19.4 Å². The van der Waals surface area contributed by atoms with E-state index < -0.39 is 53.3 Å². The molecule has 0 radical (unpaired) electrons. The van der Waals surface area contributed by atoms with E-state index in [1.807, 2.05) is 18.2 Å². The smallest absolute Gasteiger partial charge is 0.417 e.